The van der Waals surface area contributed by atoms with Gasteiger partial charge in [0, 0.05) is 19.2 Å². The van der Waals surface area contributed by atoms with E-state index < -0.39 is 11.9 Å². The van der Waals surface area contributed by atoms with E-state index in [0.29, 0.717) is 36.9 Å². The van der Waals surface area contributed by atoms with Gasteiger partial charge in [0.05, 0.1) is 6.61 Å². The number of esters is 1. The van der Waals surface area contributed by atoms with Crippen molar-refractivity contribution in [2.75, 3.05) is 18.5 Å². The summed E-state index contributed by atoms with van der Waals surface area (Å²) in [5, 5.41) is 11.7. The predicted octanol–water partition coefficient (Wildman–Crippen LogP) is 2.56. The summed E-state index contributed by atoms with van der Waals surface area (Å²) in [7, 11) is 0. The maximum absolute atomic E-state index is 11.8. The molecule has 0 fully saturated rings. The van der Waals surface area contributed by atoms with Crippen LogP contribution in [0.25, 0.3) is 0 Å². The second kappa shape index (κ2) is 8.94. The van der Waals surface area contributed by atoms with Gasteiger partial charge in [-0.15, -0.1) is 0 Å². The first-order chi connectivity index (χ1) is 10.0. The van der Waals surface area contributed by atoms with E-state index in [9.17, 15) is 9.59 Å². The molecule has 0 aliphatic heterocycles. The lowest BCUT2D eigenvalue weighted by Crippen LogP contribution is -2.13. The number of carbonyl (C=O) groups is 2. The van der Waals surface area contributed by atoms with Gasteiger partial charge in [0.1, 0.15) is 11.4 Å². The molecule has 1 rings (SSSR count). The van der Waals surface area contributed by atoms with Crippen molar-refractivity contribution in [1.29, 1.82) is 0 Å². The molecule has 0 spiro atoms. The zero-order valence-corrected chi connectivity index (χ0v) is 12.5. The quantitative estimate of drug-likeness (QED) is 0.680. The third-order valence-electron chi connectivity index (χ3n) is 3.08. The lowest BCUT2D eigenvalue weighted by atomic mass is 10.0. The summed E-state index contributed by atoms with van der Waals surface area (Å²) in [6.07, 6.45) is 3.24. The molecule has 0 aromatic carbocycles. The maximum Gasteiger partial charge on any atom is 0.341 e. The zero-order valence-electron chi connectivity index (χ0n) is 12.5. The number of carboxylic acids is 1. The fourth-order valence-corrected chi connectivity index (χ4v) is 1.87. The molecule has 21 heavy (non-hydrogen) atoms. The van der Waals surface area contributed by atoms with Crippen molar-refractivity contribution in [2.45, 2.75) is 33.1 Å². The molecule has 1 unspecified atom stereocenters. The van der Waals surface area contributed by atoms with Crippen molar-refractivity contribution in [3.05, 3.63) is 23.9 Å². The SMILES string of the molecule is CCOC(=O)c1cccnc1NCCC(C)CCC(=O)O. The molecule has 1 heterocycles. The third kappa shape index (κ3) is 6.25. The Bertz CT molecular complexity index is 476. The van der Waals surface area contributed by atoms with Crippen LogP contribution in [0.1, 0.15) is 43.5 Å². The molecule has 1 atom stereocenters. The van der Waals surface area contributed by atoms with Gasteiger partial charge in [0.2, 0.25) is 0 Å². The molecule has 116 valence electrons. The molecule has 0 amide bonds. The average Bonchev–Trinajstić information content (AvgIpc) is 2.46. The highest BCUT2D eigenvalue weighted by Crippen LogP contribution is 2.15. The van der Waals surface area contributed by atoms with E-state index in [1.807, 2.05) is 6.92 Å². The largest absolute Gasteiger partial charge is 0.481 e. The fourth-order valence-electron chi connectivity index (χ4n) is 1.87. The number of hydrogen-bond donors (Lipinski definition) is 2. The minimum absolute atomic E-state index is 0.179. The standard InChI is InChI=1S/C15H22N2O4/c1-3-21-15(20)12-5-4-9-16-14(12)17-10-8-11(2)6-7-13(18)19/h4-5,9,11H,3,6-8,10H2,1-2H3,(H,16,17)(H,18,19). The number of rotatable bonds is 9. The average molecular weight is 294 g/mol. The number of nitrogens with zero attached hydrogens (tertiary/aromatic N) is 1. The van der Waals surface area contributed by atoms with Crippen LogP contribution in [0.15, 0.2) is 18.3 Å². The van der Waals surface area contributed by atoms with Crippen LogP contribution in [0, 0.1) is 5.92 Å². The summed E-state index contributed by atoms with van der Waals surface area (Å²) in [4.78, 5) is 26.4. The highest BCUT2D eigenvalue weighted by atomic mass is 16.5. The zero-order chi connectivity index (χ0) is 15.7. The lowest BCUT2D eigenvalue weighted by molar-refractivity contribution is -0.137. The molecule has 0 bridgehead atoms. The van der Waals surface area contributed by atoms with E-state index in [2.05, 4.69) is 10.3 Å². The normalized spacial score (nSPS) is 11.7. The topological polar surface area (TPSA) is 88.5 Å². The van der Waals surface area contributed by atoms with Crippen LogP contribution in [0.4, 0.5) is 5.82 Å². The van der Waals surface area contributed by atoms with E-state index in [1.165, 1.54) is 0 Å². The van der Waals surface area contributed by atoms with Crippen LogP contribution in [0.5, 0.6) is 0 Å². The van der Waals surface area contributed by atoms with E-state index >= 15 is 0 Å². The molecule has 0 radical (unpaired) electrons. The smallest absolute Gasteiger partial charge is 0.341 e. The first-order valence-corrected chi connectivity index (χ1v) is 7.12. The number of carbonyl (C=O) groups excluding carboxylic acids is 1. The summed E-state index contributed by atoms with van der Waals surface area (Å²) in [5.41, 5.74) is 0.414. The van der Waals surface area contributed by atoms with Gasteiger partial charge in [-0.1, -0.05) is 6.92 Å². The second-order valence-electron chi connectivity index (χ2n) is 4.87. The monoisotopic (exact) mass is 294 g/mol. The van der Waals surface area contributed by atoms with Gasteiger partial charge in [0.15, 0.2) is 0 Å². The number of aromatic nitrogens is 1. The Hall–Kier alpha value is -2.11. The molecule has 0 saturated heterocycles. The first kappa shape index (κ1) is 16.9. The summed E-state index contributed by atoms with van der Waals surface area (Å²) in [6.45, 7) is 4.71. The summed E-state index contributed by atoms with van der Waals surface area (Å²) >= 11 is 0. The van der Waals surface area contributed by atoms with Gasteiger partial charge in [0.25, 0.3) is 0 Å². The van der Waals surface area contributed by atoms with Crippen LogP contribution in [-0.2, 0) is 9.53 Å². The van der Waals surface area contributed by atoms with E-state index in [-0.39, 0.29) is 6.42 Å². The number of ether oxygens (including phenoxy) is 1. The molecule has 0 saturated carbocycles. The highest BCUT2D eigenvalue weighted by molar-refractivity contribution is 5.94. The minimum Gasteiger partial charge on any atom is -0.481 e. The Morgan fingerprint density at radius 3 is 2.86 bits per heavy atom. The number of nitrogens with one attached hydrogen (secondary N) is 1. The number of carboxylic acid groups (broad SMARTS) is 1. The Morgan fingerprint density at radius 2 is 2.19 bits per heavy atom. The van der Waals surface area contributed by atoms with Crippen molar-refractivity contribution in [1.82, 2.24) is 4.98 Å². The van der Waals surface area contributed by atoms with Crippen molar-refractivity contribution >= 4 is 17.8 Å². The van der Waals surface area contributed by atoms with Crippen LogP contribution in [-0.4, -0.2) is 35.2 Å². The van der Waals surface area contributed by atoms with Gasteiger partial charge >= 0.3 is 11.9 Å². The van der Waals surface area contributed by atoms with Gasteiger partial charge < -0.3 is 15.2 Å². The number of pyridine rings is 1. The molecule has 6 heteroatoms. The molecular formula is C15H22N2O4. The molecular weight excluding hydrogens is 272 g/mol. The minimum atomic E-state index is -0.774. The van der Waals surface area contributed by atoms with Crippen LogP contribution in [0.2, 0.25) is 0 Å². The predicted molar refractivity (Wildman–Crippen MR) is 79.3 cm³/mol. The lowest BCUT2D eigenvalue weighted by Gasteiger charge is -2.13. The Labute approximate surface area is 124 Å². The molecule has 1 aromatic heterocycles. The van der Waals surface area contributed by atoms with E-state index in [4.69, 9.17) is 9.84 Å². The molecule has 0 aliphatic rings. The fraction of sp³-hybridized carbons (Fsp3) is 0.533. The molecule has 1 aromatic rings. The van der Waals surface area contributed by atoms with Crippen molar-refractivity contribution < 1.29 is 19.4 Å². The Morgan fingerprint density at radius 1 is 1.43 bits per heavy atom. The Kier molecular flexibility index (Phi) is 7.21. The van der Waals surface area contributed by atoms with Crippen molar-refractivity contribution in [3.63, 3.8) is 0 Å². The third-order valence-corrected chi connectivity index (χ3v) is 3.08. The van der Waals surface area contributed by atoms with Gasteiger partial charge in [-0.25, -0.2) is 9.78 Å². The van der Waals surface area contributed by atoms with Crippen molar-refractivity contribution in [2.24, 2.45) is 5.92 Å². The first-order valence-electron chi connectivity index (χ1n) is 7.12. The second-order valence-corrected chi connectivity index (χ2v) is 4.87. The molecule has 2 N–H and O–H groups in total. The highest BCUT2D eigenvalue weighted by Gasteiger charge is 2.13. The van der Waals surface area contributed by atoms with Crippen LogP contribution < -0.4 is 5.32 Å². The molecule has 0 aliphatic carbocycles. The maximum atomic E-state index is 11.8. The van der Waals surface area contributed by atoms with Crippen LogP contribution >= 0.6 is 0 Å². The Balaban J connectivity index is 2.48. The number of hydrogen-bond acceptors (Lipinski definition) is 5. The van der Waals surface area contributed by atoms with Gasteiger partial charge in [-0.05, 0) is 37.8 Å². The van der Waals surface area contributed by atoms with Crippen molar-refractivity contribution in [3.8, 4) is 0 Å². The summed E-state index contributed by atoms with van der Waals surface area (Å²) in [6, 6.07) is 3.36. The summed E-state index contributed by atoms with van der Waals surface area (Å²) < 4.78 is 4.98. The summed E-state index contributed by atoms with van der Waals surface area (Å²) in [5.74, 6) is -0.374. The van der Waals surface area contributed by atoms with Crippen LogP contribution in [0.3, 0.4) is 0 Å². The van der Waals surface area contributed by atoms with E-state index in [1.54, 1.807) is 25.3 Å². The molecule has 6 nitrogen and oxygen atoms in total. The number of aliphatic carboxylic acids is 1. The number of anilines is 1. The van der Waals surface area contributed by atoms with Gasteiger partial charge in [-0.2, -0.15) is 0 Å². The van der Waals surface area contributed by atoms with E-state index in [0.717, 1.165) is 6.42 Å². The van der Waals surface area contributed by atoms with Gasteiger partial charge in [-0.3, -0.25) is 4.79 Å².